The summed E-state index contributed by atoms with van der Waals surface area (Å²) in [5, 5.41) is 0. The number of alkyl halides is 2. The molecule has 0 amide bonds. The Labute approximate surface area is 68.1 Å². The molecule has 0 saturated carbocycles. The third kappa shape index (κ3) is 7.28. The van der Waals surface area contributed by atoms with Crippen molar-refractivity contribution in [3.05, 3.63) is 0 Å². The molecule has 0 fully saturated rings. The lowest BCUT2D eigenvalue weighted by Crippen LogP contribution is -1.81. The van der Waals surface area contributed by atoms with Crippen LogP contribution in [0.1, 0.15) is 13.8 Å². The van der Waals surface area contributed by atoms with Crippen LogP contribution in [0.5, 0.6) is 0 Å². The molecule has 0 aromatic carbocycles. The van der Waals surface area contributed by atoms with E-state index in [0.29, 0.717) is 0 Å². The summed E-state index contributed by atoms with van der Waals surface area (Å²) in [7, 11) is 3.18. The smallest absolute Gasteiger partial charge is 0.0864 e. The zero-order chi connectivity index (χ0) is 6.57. The van der Waals surface area contributed by atoms with E-state index in [0.717, 1.165) is 0 Å². The second-order valence-corrected chi connectivity index (χ2v) is 6.06. The molecule has 0 rings (SSSR count). The third-order valence-electron chi connectivity index (χ3n) is 0.321. The second-order valence-electron chi connectivity index (χ2n) is 1.28. The quantitative estimate of drug-likeness (QED) is 0.494. The summed E-state index contributed by atoms with van der Waals surface area (Å²) in [4.78, 5) is 0. The lowest BCUT2D eigenvalue weighted by molar-refractivity contribution is 1.40. The molecule has 0 radical (unpaired) electrons. The first-order valence-corrected chi connectivity index (χ1v) is 5.38. The maximum absolute atomic E-state index is 5.61. The molecular formula is C4H8Cl2S2. The Kier molecular flexibility index (Phi) is 5.91. The first-order valence-electron chi connectivity index (χ1n) is 2.23. The SMILES string of the molecule is CC(Cl)SSC(C)Cl. The molecule has 50 valence electrons. The molecule has 0 spiro atoms. The van der Waals surface area contributed by atoms with E-state index in [9.17, 15) is 0 Å². The maximum Gasteiger partial charge on any atom is 0.0864 e. The van der Waals surface area contributed by atoms with Crippen LogP contribution >= 0.6 is 44.8 Å². The minimum Gasteiger partial charge on any atom is -0.111 e. The van der Waals surface area contributed by atoms with Crippen molar-refractivity contribution in [2.45, 2.75) is 23.3 Å². The van der Waals surface area contributed by atoms with E-state index in [1.54, 1.807) is 21.6 Å². The molecule has 0 aromatic heterocycles. The number of halogens is 2. The second kappa shape index (κ2) is 5.10. The topological polar surface area (TPSA) is 0 Å². The van der Waals surface area contributed by atoms with Gasteiger partial charge in [-0.05, 0) is 13.8 Å². The van der Waals surface area contributed by atoms with Gasteiger partial charge in [0.2, 0.25) is 0 Å². The van der Waals surface area contributed by atoms with E-state index < -0.39 is 0 Å². The highest BCUT2D eigenvalue weighted by molar-refractivity contribution is 8.77. The van der Waals surface area contributed by atoms with Crippen molar-refractivity contribution in [3.63, 3.8) is 0 Å². The summed E-state index contributed by atoms with van der Waals surface area (Å²) < 4.78 is 0.308. The summed E-state index contributed by atoms with van der Waals surface area (Å²) in [6, 6.07) is 0. The summed E-state index contributed by atoms with van der Waals surface area (Å²) in [5.74, 6) is 0. The lowest BCUT2D eigenvalue weighted by atomic mass is 11.0. The zero-order valence-electron chi connectivity index (χ0n) is 4.73. The highest BCUT2D eigenvalue weighted by atomic mass is 35.5. The molecule has 0 aliphatic carbocycles. The van der Waals surface area contributed by atoms with Crippen LogP contribution in [0, 0.1) is 0 Å². The van der Waals surface area contributed by atoms with Gasteiger partial charge in [0.05, 0.1) is 9.42 Å². The van der Waals surface area contributed by atoms with E-state index in [-0.39, 0.29) is 9.42 Å². The van der Waals surface area contributed by atoms with Gasteiger partial charge in [0.15, 0.2) is 0 Å². The van der Waals surface area contributed by atoms with Gasteiger partial charge in [0.1, 0.15) is 0 Å². The fraction of sp³-hybridized carbons (Fsp3) is 1.00. The summed E-state index contributed by atoms with van der Waals surface area (Å²) in [6.07, 6.45) is 0. The molecule has 0 aliphatic rings. The predicted molar refractivity (Wildman–Crippen MR) is 45.8 cm³/mol. The lowest BCUT2D eigenvalue weighted by Gasteiger charge is -2.01. The molecule has 0 aliphatic heterocycles. The van der Waals surface area contributed by atoms with Crippen LogP contribution in [-0.2, 0) is 0 Å². The molecule has 8 heavy (non-hydrogen) atoms. The van der Waals surface area contributed by atoms with E-state index >= 15 is 0 Å². The van der Waals surface area contributed by atoms with Crippen LogP contribution in [0.15, 0.2) is 0 Å². The van der Waals surface area contributed by atoms with Gasteiger partial charge in [-0.2, -0.15) is 0 Å². The standard InChI is InChI=1S/C4H8Cl2S2/c1-3(5)7-8-4(2)6/h3-4H,1-2H3. The van der Waals surface area contributed by atoms with Crippen molar-refractivity contribution in [1.29, 1.82) is 0 Å². The van der Waals surface area contributed by atoms with Crippen molar-refractivity contribution in [2.24, 2.45) is 0 Å². The third-order valence-corrected chi connectivity index (χ3v) is 4.20. The highest BCUT2D eigenvalue weighted by Gasteiger charge is 2.00. The summed E-state index contributed by atoms with van der Waals surface area (Å²) in [5.41, 5.74) is 0. The van der Waals surface area contributed by atoms with Gasteiger partial charge in [-0.15, -0.1) is 23.2 Å². The number of rotatable bonds is 3. The Morgan fingerprint density at radius 1 is 1.00 bits per heavy atom. The van der Waals surface area contributed by atoms with Gasteiger partial charge in [-0.1, -0.05) is 21.6 Å². The molecule has 0 nitrogen and oxygen atoms in total. The van der Waals surface area contributed by atoms with Crippen molar-refractivity contribution < 1.29 is 0 Å². The van der Waals surface area contributed by atoms with Crippen LogP contribution in [-0.4, -0.2) is 9.42 Å². The van der Waals surface area contributed by atoms with Gasteiger partial charge < -0.3 is 0 Å². The maximum atomic E-state index is 5.61. The predicted octanol–water partition coefficient (Wildman–Crippen LogP) is 3.54. The molecular weight excluding hydrogens is 183 g/mol. The Bertz CT molecular complexity index is 48.0. The highest BCUT2D eigenvalue weighted by Crippen LogP contribution is 2.33. The molecule has 0 heterocycles. The molecule has 0 N–H and O–H groups in total. The normalized spacial score (nSPS) is 18.0. The minimum absolute atomic E-state index is 0.154. The fourth-order valence-corrected chi connectivity index (χ4v) is 2.13. The Morgan fingerprint density at radius 3 is 1.38 bits per heavy atom. The Balaban J connectivity index is 2.93. The first kappa shape index (κ1) is 9.28. The van der Waals surface area contributed by atoms with Crippen molar-refractivity contribution in [2.75, 3.05) is 0 Å². The van der Waals surface area contributed by atoms with Crippen molar-refractivity contribution in [3.8, 4) is 0 Å². The fourth-order valence-electron chi connectivity index (χ4n) is 0.153. The van der Waals surface area contributed by atoms with Gasteiger partial charge in [-0.3, -0.25) is 0 Å². The Morgan fingerprint density at radius 2 is 1.25 bits per heavy atom. The van der Waals surface area contributed by atoms with Crippen LogP contribution in [0.4, 0.5) is 0 Å². The van der Waals surface area contributed by atoms with Crippen molar-refractivity contribution >= 4 is 44.8 Å². The minimum atomic E-state index is 0.154. The molecule has 0 aromatic rings. The van der Waals surface area contributed by atoms with E-state index in [4.69, 9.17) is 23.2 Å². The average Bonchev–Trinajstić information content (AvgIpc) is 1.61. The molecule has 4 heteroatoms. The van der Waals surface area contributed by atoms with E-state index in [2.05, 4.69) is 0 Å². The van der Waals surface area contributed by atoms with Crippen LogP contribution in [0.25, 0.3) is 0 Å². The molecule has 2 atom stereocenters. The van der Waals surface area contributed by atoms with Crippen molar-refractivity contribution in [1.82, 2.24) is 0 Å². The van der Waals surface area contributed by atoms with Crippen LogP contribution in [0.2, 0.25) is 0 Å². The van der Waals surface area contributed by atoms with Gasteiger partial charge in [-0.25, -0.2) is 0 Å². The van der Waals surface area contributed by atoms with E-state index in [1.165, 1.54) is 0 Å². The van der Waals surface area contributed by atoms with Gasteiger partial charge >= 0.3 is 0 Å². The number of hydrogen-bond acceptors (Lipinski definition) is 2. The zero-order valence-corrected chi connectivity index (χ0v) is 7.87. The molecule has 0 saturated heterocycles. The Hall–Kier alpha value is 1.28. The van der Waals surface area contributed by atoms with Crippen LogP contribution in [0.3, 0.4) is 0 Å². The largest absolute Gasteiger partial charge is 0.111 e. The van der Waals surface area contributed by atoms with Gasteiger partial charge in [0, 0.05) is 0 Å². The molecule has 2 unspecified atom stereocenters. The monoisotopic (exact) mass is 190 g/mol. The van der Waals surface area contributed by atoms with Gasteiger partial charge in [0.25, 0.3) is 0 Å². The molecule has 0 bridgehead atoms. The first-order chi connectivity index (χ1) is 3.63. The number of hydrogen-bond donors (Lipinski definition) is 0. The van der Waals surface area contributed by atoms with Crippen LogP contribution < -0.4 is 0 Å². The summed E-state index contributed by atoms with van der Waals surface area (Å²) in [6.45, 7) is 3.86. The average molecular weight is 191 g/mol. The summed E-state index contributed by atoms with van der Waals surface area (Å²) >= 11 is 11.2. The van der Waals surface area contributed by atoms with E-state index in [1.807, 2.05) is 13.8 Å².